The number of anilines is 2. The largest absolute Gasteiger partial charge is 0.493 e. The summed E-state index contributed by atoms with van der Waals surface area (Å²) in [4.78, 5) is 12.8. The summed E-state index contributed by atoms with van der Waals surface area (Å²) in [5, 5.41) is 2.68. The Balaban J connectivity index is 1.76. The van der Waals surface area contributed by atoms with Gasteiger partial charge in [-0.05, 0) is 54.6 Å². The van der Waals surface area contributed by atoms with E-state index in [1.165, 1.54) is 62.8 Å². The molecule has 174 valence electrons. The van der Waals surface area contributed by atoms with Gasteiger partial charge in [-0.3, -0.25) is 9.52 Å². The number of carbonyl (C=O) groups is 1. The van der Waals surface area contributed by atoms with E-state index in [1.54, 1.807) is 18.2 Å². The maximum Gasteiger partial charge on any atom is 0.288 e. The van der Waals surface area contributed by atoms with Crippen LogP contribution in [0, 0.1) is 0 Å². The third-order valence-corrected chi connectivity index (χ3v) is 6.48. The fraction of sp³-hybridized carbons (Fsp3) is 0.136. The van der Waals surface area contributed by atoms with E-state index in [9.17, 15) is 22.0 Å². The van der Waals surface area contributed by atoms with Crippen LogP contribution in [0.15, 0.2) is 76.5 Å². The van der Waals surface area contributed by atoms with Gasteiger partial charge in [0.15, 0.2) is 11.5 Å². The quantitative estimate of drug-likeness (QED) is 0.404. The maximum absolute atomic E-state index is 12.8. The Kier molecular flexibility index (Phi) is 7.77. The van der Waals surface area contributed by atoms with Gasteiger partial charge in [0.25, 0.3) is 21.7 Å². The number of hydrogen-bond donors (Lipinski definition) is 2. The van der Waals surface area contributed by atoms with Crippen LogP contribution in [0.25, 0.3) is 0 Å². The van der Waals surface area contributed by atoms with E-state index in [0.717, 1.165) is 0 Å². The lowest BCUT2D eigenvalue weighted by Gasteiger charge is -2.12. The zero-order valence-corrected chi connectivity index (χ0v) is 19.2. The summed E-state index contributed by atoms with van der Waals surface area (Å²) in [6.45, 7) is 0. The molecule has 0 bridgehead atoms. The molecule has 0 saturated carbocycles. The lowest BCUT2D eigenvalue weighted by molar-refractivity contribution is 0.102. The second-order valence-corrected chi connectivity index (χ2v) is 9.31. The summed E-state index contributed by atoms with van der Waals surface area (Å²) in [6.07, 6.45) is 0. The van der Waals surface area contributed by atoms with E-state index >= 15 is 0 Å². The van der Waals surface area contributed by atoms with Crippen LogP contribution in [-0.2, 0) is 10.0 Å². The highest BCUT2D eigenvalue weighted by molar-refractivity contribution is 7.99. The fourth-order valence-corrected chi connectivity index (χ4v) is 4.44. The fourth-order valence-electron chi connectivity index (χ4n) is 2.84. The van der Waals surface area contributed by atoms with Crippen LogP contribution in [0.4, 0.5) is 20.2 Å². The smallest absolute Gasteiger partial charge is 0.288 e. The molecule has 0 fully saturated rings. The topological polar surface area (TPSA) is 93.7 Å². The van der Waals surface area contributed by atoms with Gasteiger partial charge < -0.3 is 14.8 Å². The normalized spacial score (nSPS) is 11.2. The number of alkyl halides is 2. The predicted octanol–water partition coefficient (Wildman–Crippen LogP) is 5.07. The zero-order chi connectivity index (χ0) is 24.0. The van der Waals surface area contributed by atoms with E-state index in [2.05, 4.69) is 10.0 Å². The van der Waals surface area contributed by atoms with E-state index in [0.29, 0.717) is 33.8 Å². The number of carbonyl (C=O) groups excluding carboxylic acids is 1. The third kappa shape index (κ3) is 6.36. The number of amides is 1. The second-order valence-electron chi connectivity index (χ2n) is 6.56. The minimum atomic E-state index is -4.02. The minimum Gasteiger partial charge on any atom is -0.493 e. The Labute approximate surface area is 194 Å². The summed E-state index contributed by atoms with van der Waals surface area (Å²) < 4.78 is 63.1. The lowest BCUT2D eigenvalue weighted by atomic mass is 10.2. The molecule has 0 aromatic heterocycles. The van der Waals surface area contributed by atoms with Crippen molar-refractivity contribution in [2.75, 3.05) is 24.3 Å². The van der Waals surface area contributed by atoms with E-state index < -0.39 is 21.7 Å². The molecule has 2 N–H and O–H groups in total. The number of halogens is 2. The van der Waals surface area contributed by atoms with Crippen molar-refractivity contribution in [3.63, 3.8) is 0 Å². The van der Waals surface area contributed by atoms with Crippen molar-refractivity contribution in [1.82, 2.24) is 0 Å². The average Bonchev–Trinajstić information content (AvgIpc) is 2.80. The predicted molar refractivity (Wildman–Crippen MR) is 123 cm³/mol. The zero-order valence-electron chi connectivity index (χ0n) is 17.5. The van der Waals surface area contributed by atoms with Crippen LogP contribution in [-0.4, -0.2) is 34.3 Å². The summed E-state index contributed by atoms with van der Waals surface area (Å²) in [7, 11) is -1.06. The number of sulfonamides is 1. The highest BCUT2D eigenvalue weighted by Crippen LogP contribution is 2.30. The molecule has 0 unspecified atom stereocenters. The highest BCUT2D eigenvalue weighted by atomic mass is 32.2. The molecule has 0 atom stereocenters. The lowest BCUT2D eigenvalue weighted by Crippen LogP contribution is -2.16. The van der Waals surface area contributed by atoms with Crippen LogP contribution >= 0.6 is 11.8 Å². The van der Waals surface area contributed by atoms with Crippen molar-refractivity contribution in [2.45, 2.75) is 15.5 Å². The van der Waals surface area contributed by atoms with Crippen LogP contribution in [0.2, 0.25) is 0 Å². The van der Waals surface area contributed by atoms with Crippen molar-refractivity contribution >= 4 is 39.1 Å². The number of rotatable bonds is 9. The van der Waals surface area contributed by atoms with Gasteiger partial charge in [0, 0.05) is 27.9 Å². The summed E-state index contributed by atoms with van der Waals surface area (Å²) in [6, 6.07) is 15.9. The van der Waals surface area contributed by atoms with E-state index in [4.69, 9.17) is 9.47 Å². The summed E-state index contributed by atoms with van der Waals surface area (Å²) >= 11 is 0.362. The van der Waals surface area contributed by atoms with Crippen molar-refractivity contribution < 1.29 is 31.5 Å². The molecular weight excluding hydrogens is 474 g/mol. The molecule has 0 radical (unpaired) electrons. The standard InChI is InChI=1S/C22H20F2N2O5S2/c1-30-19-11-8-16(13-20(19)31-2)25-21(27)14-4-3-5-18(12-14)33(28,29)26-15-6-9-17(10-7-15)32-22(23)24/h3-13,22,26H,1-2H3,(H,25,27). The van der Waals surface area contributed by atoms with Gasteiger partial charge in [-0.25, -0.2) is 8.42 Å². The molecule has 0 aliphatic heterocycles. The van der Waals surface area contributed by atoms with Crippen molar-refractivity contribution in [3.05, 3.63) is 72.3 Å². The number of hydrogen-bond acceptors (Lipinski definition) is 6. The van der Waals surface area contributed by atoms with Gasteiger partial charge in [-0.15, -0.1) is 0 Å². The molecule has 0 heterocycles. The number of benzene rings is 3. The van der Waals surface area contributed by atoms with Gasteiger partial charge in [0.2, 0.25) is 0 Å². The van der Waals surface area contributed by atoms with E-state index in [1.807, 2.05) is 0 Å². The first kappa shape index (κ1) is 24.3. The highest BCUT2D eigenvalue weighted by Gasteiger charge is 2.17. The van der Waals surface area contributed by atoms with Crippen LogP contribution in [0.5, 0.6) is 11.5 Å². The molecule has 0 aliphatic carbocycles. The van der Waals surface area contributed by atoms with Crippen molar-refractivity contribution in [3.8, 4) is 11.5 Å². The first-order valence-electron chi connectivity index (χ1n) is 9.43. The van der Waals surface area contributed by atoms with E-state index in [-0.39, 0.29) is 16.1 Å². The van der Waals surface area contributed by atoms with Gasteiger partial charge in [0.1, 0.15) is 0 Å². The van der Waals surface area contributed by atoms with Crippen molar-refractivity contribution in [1.29, 1.82) is 0 Å². The number of ether oxygens (including phenoxy) is 2. The van der Waals surface area contributed by atoms with Crippen LogP contribution in [0.1, 0.15) is 10.4 Å². The SMILES string of the molecule is COc1ccc(NC(=O)c2cccc(S(=O)(=O)Nc3ccc(SC(F)F)cc3)c2)cc1OC. The Hall–Kier alpha value is -3.31. The third-order valence-electron chi connectivity index (χ3n) is 4.38. The summed E-state index contributed by atoms with van der Waals surface area (Å²) in [5.74, 6) is -2.17. The number of methoxy groups -OCH3 is 2. The minimum absolute atomic E-state index is 0.122. The van der Waals surface area contributed by atoms with Gasteiger partial charge >= 0.3 is 0 Å². The molecule has 33 heavy (non-hydrogen) atoms. The van der Waals surface area contributed by atoms with Gasteiger partial charge in [0.05, 0.1) is 19.1 Å². The Morgan fingerprint density at radius 2 is 1.58 bits per heavy atom. The first-order chi connectivity index (χ1) is 15.7. The van der Waals surface area contributed by atoms with Gasteiger partial charge in [-0.1, -0.05) is 17.8 Å². The van der Waals surface area contributed by atoms with Crippen LogP contribution in [0.3, 0.4) is 0 Å². The average molecular weight is 495 g/mol. The molecular formula is C22H20F2N2O5S2. The monoisotopic (exact) mass is 494 g/mol. The Morgan fingerprint density at radius 3 is 2.21 bits per heavy atom. The molecule has 3 aromatic rings. The second kappa shape index (κ2) is 10.5. The molecule has 0 saturated heterocycles. The Morgan fingerprint density at radius 1 is 0.909 bits per heavy atom. The molecule has 7 nitrogen and oxygen atoms in total. The molecule has 1 amide bonds. The van der Waals surface area contributed by atoms with Crippen LogP contribution < -0.4 is 19.5 Å². The van der Waals surface area contributed by atoms with Crippen molar-refractivity contribution in [2.24, 2.45) is 0 Å². The molecule has 0 aliphatic rings. The molecule has 0 spiro atoms. The Bertz CT molecular complexity index is 1240. The number of thioether (sulfide) groups is 1. The number of nitrogens with one attached hydrogen (secondary N) is 2. The molecule has 3 rings (SSSR count). The first-order valence-corrected chi connectivity index (χ1v) is 11.8. The molecule has 11 heteroatoms. The molecule has 3 aromatic carbocycles. The maximum atomic E-state index is 12.8. The summed E-state index contributed by atoms with van der Waals surface area (Å²) in [5.41, 5.74) is 0.760. The van der Waals surface area contributed by atoms with Gasteiger partial charge in [-0.2, -0.15) is 8.78 Å².